The highest BCUT2D eigenvalue weighted by molar-refractivity contribution is 5.49. The third kappa shape index (κ3) is 3.48. The largest absolute Gasteiger partial charge is 0.485 e. The lowest BCUT2D eigenvalue weighted by molar-refractivity contribution is 0.306. The highest BCUT2D eigenvalue weighted by Gasteiger charge is 2.05. The summed E-state index contributed by atoms with van der Waals surface area (Å²) in [5.74, 6) is 1.58. The topological polar surface area (TPSA) is 34.2 Å². The Balaban J connectivity index is 2.05. The molecule has 0 saturated heterocycles. The zero-order chi connectivity index (χ0) is 12.8. The minimum absolute atomic E-state index is 0.332. The molecule has 0 aliphatic heterocycles. The number of nitrogens with zero attached hydrogens (tertiary/aromatic N) is 1. The van der Waals surface area contributed by atoms with E-state index in [-0.39, 0.29) is 0 Å². The second kappa shape index (κ2) is 6.05. The van der Waals surface area contributed by atoms with Gasteiger partial charge in [0.2, 0.25) is 0 Å². The van der Waals surface area contributed by atoms with E-state index in [2.05, 4.69) is 24.1 Å². The number of pyridine rings is 1. The van der Waals surface area contributed by atoms with Crippen LogP contribution in [0.1, 0.15) is 19.4 Å². The maximum absolute atomic E-state index is 5.80. The zero-order valence-corrected chi connectivity index (χ0v) is 10.8. The van der Waals surface area contributed by atoms with Gasteiger partial charge in [-0.1, -0.05) is 30.3 Å². The Labute approximate surface area is 108 Å². The summed E-state index contributed by atoms with van der Waals surface area (Å²) in [5, 5.41) is 3.27. The summed E-state index contributed by atoms with van der Waals surface area (Å²) in [4.78, 5) is 4.30. The number of ether oxygens (including phenoxy) is 1. The first-order chi connectivity index (χ1) is 8.75. The molecule has 0 fully saturated rings. The van der Waals surface area contributed by atoms with E-state index >= 15 is 0 Å². The van der Waals surface area contributed by atoms with Gasteiger partial charge < -0.3 is 10.1 Å². The first-order valence-corrected chi connectivity index (χ1v) is 6.14. The van der Waals surface area contributed by atoms with Crippen molar-refractivity contribution in [2.75, 3.05) is 5.32 Å². The smallest absolute Gasteiger partial charge is 0.168 e. The summed E-state index contributed by atoms with van der Waals surface area (Å²) in [6.45, 7) is 4.71. The fourth-order valence-electron chi connectivity index (χ4n) is 1.62. The number of rotatable bonds is 5. The van der Waals surface area contributed by atoms with Crippen LogP contribution >= 0.6 is 0 Å². The number of benzene rings is 1. The van der Waals surface area contributed by atoms with Gasteiger partial charge in [-0.2, -0.15) is 0 Å². The van der Waals surface area contributed by atoms with Crippen LogP contribution in [0.25, 0.3) is 0 Å². The van der Waals surface area contributed by atoms with E-state index in [1.54, 1.807) is 6.20 Å². The molecular formula is C15H18N2O. The van der Waals surface area contributed by atoms with Crippen molar-refractivity contribution in [1.82, 2.24) is 4.98 Å². The Morgan fingerprint density at radius 2 is 1.89 bits per heavy atom. The number of aromatic nitrogens is 1. The number of hydrogen-bond donors (Lipinski definition) is 1. The normalized spacial score (nSPS) is 10.4. The predicted octanol–water partition coefficient (Wildman–Crippen LogP) is 3.48. The molecule has 0 radical (unpaired) electrons. The van der Waals surface area contributed by atoms with Crippen LogP contribution in [0.15, 0.2) is 48.7 Å². The van der Waals surface area contributed by atoms with E-state index in [1.165, 1.54) is 0 Å². The van der Waals surface area contributed by atoms with Crippen molar-refractivity contribution < 1.29 is 4.74 Å². The quantitative estimate of drug-likeness (QED) is 0.871. The van der Waals surface area contributed by atoms with Gasteiger partial charge in [0, 0.05) is 12.2 Å². The van der Waals surface area contributed by atoms with E-state index in [9.17, 15) is 0 Å². The van der Waals surface area contributed by atoms with E-state index in [1.807, 2.05) is 42.5 Å². The van der Waals surface area contributed by atoms with Crippen LogP contribution in [-0.2, 0) is 6.61 Å². The van der Waals surface area contributed by atoms with Crippen molar-refractivity contribution in [1.29, 1.82) is 0 Å². The summed E-state index contributed by atoms with van der Waals surface area (Å²) in [7, 11) is 0. The second-order valence-electron chi connectivity index (χ2n) is 4.42. The molecule has 1 aromatic carbocycles. The lowest BCUT2D eigenvalue weighted by Gasteiger charge is -2.14. The van der Waals surface area contributed by atoms with E-state index < -0.39 is 0 Å². The van der Waals surface area contributed by atoms with Crippen molar-refractivity contribution in [2.45, 2.75) is 26.5 Å². The molecule has 3 heteroatoms. The zero-order valence-electron chi connectivity index (χ0n) is 10.8. The van der Waals surface area contributed by atoms with Crippen LogP contribution in [0.3, 0.4) is 0 Å². The first-order valence-electron chi connectivity index (χ1n) is 6.14. The Morgan fingerprint density at radius 1 is 1.11 bits per heavy atom. The minimum Gasteiger partial charge on any atom is -0.485 e. The molecule has 0 aliphatic carbocycles. The van der Waals surface area contributed by atoms with Crippen molar-refractivity contribution in [3.05, 3.63) is 54.2 Å². The van der Waals surface area contributed by atoms with Gasteiger partial charge in [0.25, 0.3) is 0 Å². The monoisotopic (exact) mass is 242 g/mol. The fraction of sp³-hybridized carbons (Fsp3) is 0.267. The molecule has 0 unspecified atom stereocenters. The van der Waals surface area contributed by atoms with Gasteiger partial charge >= 0.3 is 0 Å². The van der Waals surface area contributed by atoms with Crippen molar-refractivity contribution in [2.24, 2.45) is 0 Å². The van der Waals surface area contributed by atoms with Crippen LogP contribution in [0.4, 0.5) is 5.82 Å². The first kappa shape index (κ1) is 12.4. The molecule has 0 atom stereocenters. The van der Waals surface area contributed by atoms with Crippen molar-refractivity contribution >= 4 is 5.82 Å². The van der Waals surface area contributed by atoms with Crippen LogP contribution in [-0.4, -0.2) is 11.0 Å². The second-order valence-corrected chi connectivity index (χ2v) is 4.42. The molecule has 1 aromatic heterocycles. The summed E-state index contributed by atoms with van der Waals surface area (Å²) in [5.41, 5.74) is 1.15. The molecule has 1 heterocycles. The van der Waals surface area contributed by atoms with Gasteiger partial charge in [-0.3, -0.25) is 0 Å². The lowest BCUT2D eigenvalue weighted by atomic mass is 10.2. The molecule has 0 saturated carbocycles. The summed E-state index contributed by atoms with van der Waals surface area (Å²) in [6, 6.07) is 14.3. The fourth-order valence-corrected chi connectivity index (χ4v) is 1.62. The average molecular weight is 242 g/mol. The molecule has 94 valence electrons. The Morgan fingerprint density at radius 3 is 2.61 bits per heavy atom. The Kier molecular flexibility index (Phi) is 4.18. The van der Waals surface area contributed by atoms with Crippen molar-refractivity contribution in [3.63, 3.8) is 0 Å². The molecule has 3 nitrogen and oxygen atoms in total. The molecule has 18 heavy (non-hydrogen) atoms. The van der Waals surface area contributed by atoms with E-state index in [0.29, 0.717) is 12.6 Å². The van der Waals surface area contributed by atoms with Gasteiger partial charge in [-0.25, -0.2) is 4.98 Å². The number of anilines is 1. The Hall–Kier alpha value is -2.03. The van der Waals surface area contributed by atoms with Gasteiger partial charge in [-0.15, -0.1) is 0 Å². The van der Waals surface area contributed by atoms with Gasteiger partial charge in [0.15, 0.2) is 11.6 Å². The highest BCUT2D eigenvalue weighted by Crippen LogP contribution is 2.22. The summed E-state index contributed by atoms with van der Waals surface area (Å²) >= 11 is 0. The van der Waals surface area contributed by atoms with Crippen LogP contribution in [0.5, 0.6) is 5.75 Å². The molecule has 1 N–H and O–H groups in total. The summed E-state index contributed by atoms with van der Waals surface area (Å²) in [6.07, 6.45) is 1.76. The lowest BCUT2D eigenvalue weighted by Crippen LogP contribution is -2.12. The Bertz CT molecular complexity index is 483. The van der Waals surface area contributed by atoms with Crippen LogP contribution < -0.4 is 10.1 Å². The van der Waals surface area contributed by atoms with Gasteiger partial charge in [0.1, 0.15) is 6.61 Å². The molecule has 2 rings (SSSR count). The molecule has 0 spiro atoms. The third-order valence-corrected chi connectivity index (χ3v) is 2.43. The average Bonchev–Trinajstić information content (AvgIpc) is 2.38. The number of hydrogen-bond acceptors (Lipinski definition) is 3. The van der Waals surface area contributed by atoms with Gasteiger partial charge in [-0.05, 0) is 31.5 Å². The maximum atomic E-state index is 5.80. The third-order valence-electron chi connectivity index (χ3n) is 2.43. The SMILES string of the molecule is CC(C)Nc1ncccc1OCc1ccccc1. The standard InChI is InChI=1S/C15H18N2O/c1-12(2)17-15-14(9-6-10-16-15)18-11-13-7-4-3-5-8-13/h3-10,12H,11H2,1-2H3,(H,16,17). The number of nitrogens with one attached hydrogen (secondary N) is 1. The minimum atomic E-state index is 0.332. The van der Waals surface area contributed by atoms with E-state index in [4.69, 9.17) is 4.74 Å². The van der Waals surface area contributed by atoms with Crippen LogP contribution in [0.2, 0.25) is 0 Å². The molecule has 0 aliphatic rings. The summed E-state index contributed by atoms with van der Waals surface area (Å²) < 4.78 is 5.80. The molecule has 2 aromatic rings. The highest BCUT2D eigenvalue weighted by atomic mass is 16.5. The predicted molar refractivity (Wildman–Crippen MR) is 73.8 cm³/mol. The molecule has 0 amide bonds. The maximum Gasteiger partial charge on any atom is 0.168 e. The van der Waals surface area contributed by atoms with E-state index in [0.717, 1.165) is 17.1 Å². The van der Waals surface area contributed by atoms with Gasteiger partial charge in [0.05, 0.1) is 0 Å². The van der Waals surface area contributed by atoms with Crippen molar-refractivity contribution in [3.8, 4) is 5.75 Å². The van der Waals surface area contributed by atoms with Crippen LogP contribution in [0, 0.1) is 0 Å². The molecular weight excluding hydrogens is 224 g/mol. The molecule has 0 bridgehead atoms.